The zero-order valence-corrected chi connectivity index (χ0v) is 5.74. The van der Waals surface area contributed by atoms with E-state index in [0.29, 0.717) is 6.61 Å². The molecule has 2 rings (SSSR count). The molecule has 0 bridgehead atoms. The number of esters is 1. The van der Waals surface area contributed by atoms with Gasteiger partial charge in [0, 0.05) is 17.2 Å². The van der Waals surface area contributed by atoms with Crippen molar-refractivity contribution in [3.8, 4) is 0 Å². The first-order valence-corrected chi connectivity index (χ1v) is 3.26. The van der Waals surface area contributed by atoms with E-state index in [1.807, 2.05) is 0 Å². The normalized spacial score (nSPS) is 16.4. The molecule has 3 heteroatoms. The van der Waals surface area contributed by atoms with Crippen molar-refractivity contribution in [2.75, 3.05) is 6.61 Å². The highest BCUT2D eigenvalue weighted by molar-refractivity contribution is 5.95. The summed E-state index contributed by atoms with van der Waals surface area (Å²) in [4.78, 5) is 10.6. The number of hydrogen-bond acceptors (Lipinski definition) is 3. The molecule has 2 heterocycles. The highest BCUT2D eigenvalue weighted by atomic mass is 16.5. The van der Waals surface area contributed by atoms with Crippen LogP contribution >= 0.6 is 0 Å². The Kier molecular flexibility index (Phi) is 1.28. The van der Waals surface area contributed by atoms with Gasteiger partial charge in [0.1, 0.15) is 6.61 Å². The molecule has 1 aliphatic heterocycles. The van der Waals surface area contributed by atoms with Crippen molar-refractivity contribution in [1.29, 1.82) is 0 Å². The summed E-state index contributed by atoms with van der Waals surface area (Å²) in [5.41, 5.74) is 1.79. The van der Waals surface area contributed by atoms with Crippen LogP contribution in [-0.2, 0) is 9.53 Å². The topological polar surface area (TPSA) is 39.4 Å². The van der Waals surface area contributed by atoms with Crippen molar-refractivity contribution < 1.29 is 13.9 Å². The molecule has 0 atom stereocenters. The van der Waals surface area contributed by atoms with Gasteiger partial charge in [0.15, 0.2) is 0 Å². The standard InChI is InChI=1S/C8H6O3/c9-8-3-7(5-11-8)6-1-2-10-4-6/h1-4H,5H2. The van der Waals surface area contributed by atoms with Crippen molar-refractivity contribution in [3.63, 3.8) is 0 Å². The molecule has 0 aliphatic carbocycles. The third-order valence-electron chi connectivity index (χ3n) is 1.55. The predicted octanol–water partition coefficient (Wildman–Crippen LogP) is 1.22. The lowest BCUT2D eigenvalue weighted by atomic mass is 10.1. The van der Waals surface area contributed by atoms with E-state index in [9.17, 15) is 4.79 Å². The van der Waals surface area contributed by atoms with Crippen molar-refractivity contribution in [2.45, 2.75) is 0 Å². The summed E-state index contributed by atoms with van der Waals surface area (Å²) in [6, 6.07) is 1.80. The highest BCUT2D eigenvalue weighted by Crippen LogP contribution is 2.19. The SMILES string of the molecule is O=C1C=C(c2ccoc2)CO1. The van der Waals surface area contributed by atoms with Gasteiger partial charge >= 0.3 is 5.97 Å². The zero-order chi connectivity index (χ0) is 7.68. The van der Waals surface area contributed by atoms with Crippen LogP contribution in [0.25, 0.3) is 5.57 Å². The monoisotopic (exact) mass is 150 g/mol. The van der Waals surface area contributed by atoms with Gasteiger partial charge in [0.25, 0.3) is 0 Å². The number of rotatable bonds is 1. The minimum Gasteiger partial charge on any atom is -0.472 e. The fraction of sp³-hybridized carbons (Fsp3) is 0.125. The second kappa shape index (κ2) is 2.27. The van der Waals surface area contributed by atoms with Gasteiger partial charge in [-0.1, -0.05) is 0 Å². The Hall–Kier alpha value is -1.51. The van der Waals surface area contributed by atoms with Crippen LogP contribution in [0.5, 0.6) is 0 Å². The molecule has 0 N–H and O–H groups in total. The Morgan fingerprint density at radius 2 is 2.36 bits per heavy atom. The fourth-order valence-electron chi connectivity index (χ4n) is 0.988. The van der Waals surface area contributed by atoms with E-state index in [4.69, 9.17) is 9.15 Å². The summed E-state index contributed by atoms with van der Waals surface area (Å²) >= 11 is 0. The maximum absolute atomic E-state index is 10.6. The van der Waals surface area contributed by atoms with Crippen LogP contribution in [0.2, 0.25) is 0 Å². The molecule has 0 aromatic carbocycles. The minimum atomic E-state index is -0.277. The Labute approximate surface area is 63.3 Å². The molecule has 0 saturated heterocycles. The summed E-state index contributed by atoms with van der Waals surface area (Å²) in [5.74, 6) is -0.277. The van der Waals surface area contributed by atoms with Gasteiger partial charge in [-0.25, -0.2) is 4.79 Å². The first kappa shape index (κ1) is 6.22. The summed E-state index contributed by atoms with van der Waals surface area (Å²) in [5, 5.41) is 0. The quantitative estimate of drug-likeness (QED) is 0.565. The van der Waals surface area contributed by atoms with E-state index in [2.05, 4.69) is 0 Å². The predicted molar refractivity (Wildman–Crippen MR) is 37.6 cm³/mol. The van der Waals surface area contributed by atoms with E-state index >= 15 is 0 Å². The Bertz CT molecular complexity index is 295. The largest absolute Gasteiger partial charge is 0.472 e. The summed E-state index contributed by atoms with van der Waals surface area (Å²) in [7, 11) is 0. The molecule has 3 nitrogen and oxygen atoms in total. The van der Waals surface area contributed by atoms with E-state index in [1.54, 1.807) is 18.6 Å². The molecule has 0 amide bonds. The first-order chi connectivity index (χ1) is 5.36. The van der Waals surface area contributed by atoms with Gasteiger partial charge in [0.2, 0.25) is 0 Å². The van der Waals surface area contributed by atoms with Gasteiger partial charge < -0.3 is 9.15 Å². The number of hydrogen-bond donors (Lipinski definition) is 0. The molecule has 0 spiro atoms. The number of furan rings is 1. The minimum absolute atomic E-state index is 0.277. The summed E-state index contributed by atoms with van der Waals surface area (Å²) < 4.78 is 9.57. The van der Waals surface area contributed by atoms with Crippen molar-refractivity contribution >= 4 is 11.5 Å². The van der Waals surface area contributed by atoms with Crippen LogP contribution in [0, 0.1) is 0 Å². The second-order valence-corrected chi connectivity index (χ2v) is 2.29. The molecule has 0 saturated carbocycles. The van der Waals surface area contributed by atoms with Crippen LogP contribution in [-0.4, -0.2) is 12.6 Å². The Balaban J connectivity index is 2.31. The molecule has 1 aromatic heterocycles. The van der Waals surface area contributed by atoms with Gasteiger partial charge in [-0.05, 0) is 6.07 Å². The summed E-state index contributed by atoms with van der Waals surface area (Å²) in [6.07, 6.45) is 4.64. The molecule has 11 heavy (non-hydrogen) atoms. The third-order valence-corrected chi connectivity index (χ3v) is 1.55. The van der Waals surface area contributed by atoms with Crippen LogP contribution in [0.15, 0.2) is 29.1 Å². The second-order valence-electron chi connectivity index (χ2n) is 2.29. The average Bonchev–Trinajstić information content (AvgIpc) is 2.55. The van der Waals surface area contributed by atoms with Gasteiger partial charge in [-0.2, -0.15) is 0 Å². The van der Waals surface area contributed by atoms with E-state index in [1.165, 1.54) is 6.08 Å². The highest BCUT2D eigenvalue weighted by Gasteiger charge is 2.14. The smallest absolute Gasteiger partial charge is 0.331 e. The molecule has 1 aliphatic rings. The van der Waals surface area contributed by atoms with Crippen molar-refractivity contribution in [1.82, 2.24) is 0 Å². The van der Waals surface area contributed by atoms with Crippen molar-refractivity contribution in [2.24, 2.45) is 0 Å². The zero-order valence-electron chi connectivity index (χ0n) is 5.74. The number of carbonyl (C=O) groups is 1. The Morgan fingerprint density at radius 3 is 2.91 bits per heavy atom. The number of cyclic esters (lactones) is 1. The van der Waals surface area contributed by atoms with Gasteiger partial charge in [0.05, 0.1) is 12.5 Å². The lowest BCUT2D eigenvalue weighted by Gasteiger charge is -1.92. The third kappa shape index (κ3) is 1.05. The number of carbonyl (C=O) groups excluding carboxylic acids is 1. The molecule has 0 radical (unpaired) electrons. The van der Waals surface area contributed by atoms with Crippen LogP contribution in [0.4, 0.5) is 0 Å². The number of ether oxygens (including phenoxy) is 1. The Morgan fingerprint density at radius 1 is 1.45 bits per heavy atom. The van der Waals surface area contributed by atoms with Crippen LogP contribution < -0.4 is 0 Å². The lowest BCUT2D eigenvalue weighted by molar-refractivity contribution is -0.134. The maximum Gasteiger partial charge on any atom is 0.331 e. The summed E-state index contributed by atoms with van der Waals surface area (Å²) in [6.45, 7) is 0.359. The molecule has 1 aromatic rings. The maximum atomic E-state index is 10.6. The van der Waals surface area contributed by atoms with E-state index in [0.717, 1.165) is 11.1 Å². The van der Waals surface area contributed by atoms with Crippen molar-refractivity contribution in [3.05, 3.63) is 30.2 Å². The van der Waals surface area contributed by atoms with Crippen LogP contribution in [0.1, 0.15) is 5.56 Å². The molecular formula is C8H6O3. The first-order valence-electron chi connectivity index (χ1n) is 3.26. The molecule has 0 unspecified atom stereocenters. The fourth-order valence-corrected chi connectivity index (χ4v) is 0.988. The van der Waals surface area contributed by atoms with Gasteiger partial charge in [-0.15, -0.1) is 0 Å². The van der Waals surface area contributed by atoms with Gasteiger partial charge in [-0.3, -0.25) is 0 Å². The lowest BCUT2D eigenvalue weighted by Crippen LogP contribution is -1.90. The molecular weight excluding hydrogens is 144 g/mol. The van der Waals surface area contributed by atoms with E-state index in [-0.39, 0.29) is 5.97 Å². The van der Waals surface area contributed by atoms with Crippen LogP contribution in [0.3, 0.4) is 0 Å². The average molecular weight is 150 g/mol. The molecule has 0 fully saturated rings. The van der Waals surface area contributed by atoms with E-state index < -0.39 is 0 Å². The molecule has 56 valence electrons.